The predicted octanol–water partition coefficient (Wildman–Crippen LogP) is 5.99. The average Bonchev–Trinajstić information content (AvgIpc) is 2.55. The van der Waals surface area contributed by atoms with Gasteiger partial charge in [-0.1, -0.05) is 54.6 Å². The van der Waals surface area contributed by atoms with Crippen molar-refractivity contribution < 1.29 is 17.9 Å². The zero-order valence-electron chi connectivity index (χ0n) is 12.5. The maximum absolute atomic E-state index is 13.2. The predicted molar refractivity (Wildman–Crippen MR) is 86.6 cm³/mol. The van der Waals surface area contributed by atoms with Crippen LogP contribution in [0.2, 0.25) is 0 Å². The summed E-state index contributed by atoms with van der Waals surface area (Å²) in [6.07, 6.45) is -5.19. The van der Waals surface area contributed by atoms with Crippen molar-refractivity contribution in [2.24, 2.45) is 0 Å². The first-order valence-electron chi connectivity index (χ1n) is 7.42. The van der Waals surface area contributed by atoms with E-state index in [1.54, 1.807) is 12.1 Å². The van der Waals surface area contributed by atoms with Gasteiger partial charge in [-0.05, 0) is 29.5 Å². The van der Waals surface area contributed by atoms with Crippen LogP contribution in [0.4, 0.5) is 13.2 Å². The molecule has 0 spiro atoms. The fraction of sp³-hybridized carbons (Fsp3) is 0.333. The van der Waals surface area contributed by atoms with Gasteiger partial charge in [0.1, 0.15) is 0 Å². The minimum Gasteiger partial charge on any atom is -0.364 e. The minimum absolute atomic E-state index is 0.0390. The second-order valence-electron chi connectivity index (χ2n) is 5.18. The first-order chi connectivity index (χ1) is 11.0. The third-order valence-corrected chi connectivity index (χ3v) is 3.70. The van der Waals surface area contributed by atoms with Gasteiger partial charge in [-0.2, -0.15) is 13.2 Å². The van der Waals surface area contributed by atoms with Crippen LogP contribution >= 0.6 is 11.6 Å². The van der Waals surface area contributed by atoms with Crippen molar-refractivity contribution in [3.63, 3.8) is 0 Å². The van der Waals surface area contributed by atoms with Gasteiger partial charge in [-0.15, -0.1) is 11.6 Å². The van der Waals surface area contributed by atoms with Crippen LogP contribution in [0.1, 0.15) is 24.5 Å². The number of alkyl halides is 4. The molecule has 0 aromatic heterocycles. The molecule has 0 aliphatic rings. The number of ether oxygens (including phenoxy) is 1. The summed E-state index contributed by atoms with van der Waals surface area (Å²) in [5, 5.41) is 0. The number of benzene rings is 2. The van der Waals surface area contributed by atoms with Crippen molar-refractivity contribution in [1.82, 2.24) is 0 Å². The quantitative estimate of drug-likeness (QED) is 0.443. The van der Waals surface area contributed by atoms with E-state index in [-0.39, 0.29) is 12.2 Å². The van der Waals surface area contributed by atoms with Gasteiger partial charge in [0.2, 0.25) is 0 Å². The summed E-state index contributed by atoms with van der Waals surface area (Å²) in [7, 11) is 0. The highest BCUT2D eigenvalue weighted by Gasteiger charge is 2.41. The Kier molecular flexibility index (Phi) is 6.48. The van der Waals surface area contributed by atoms with Gasteiger partial charge in [-0.3, -0.25) is 0 Å². The van der Waals surface area contributed by atoms with E-state index in [1.165, 1.54) is 12.1 Å². The van der Waals surface area contributed by atoms with Crippen molar-refractivity contribution in [3.8, 4) is 11.1 Å². The molecule has 0 bridgehead atoms. The summed E-state index contributed by atoms with van der Waals surface area (Å²) in [6, 6.07) is 15.8. The Hall–Kier alpha value is -1.52. The van der Waals surface area contributed by atoms with Crippen LogP contribution in [0.3, 0.4) is 0 Å². The molecule has 0 radical (unpaired) electrons. The molecule has 2 rings (SSSR count). The largest absolute Gasteiger partial charge is 0.418 e. The van der Waals surface area contributed by atoms with Crippen LogP contribution < -0.4 is 0 Å². The van der Waals surface area contributed by atoms with Crippen LogP contribution in [0.15, 0.2) is 54.6 Å². The lowest BCUT2D eigenvalue weighted by Gasteiger charge is -2.21. The smallest absolute Gasteiger partial charge is 0.364 e. The number of hydrogen-bond acceptors (Lipinski definition) is 1. The normalized spacial score (nSPS) is 13.0. The summed E-state index contributed by atoms with van der Waals surface area (Å²) in [4.78, 5) is 0. The summed E-state index contributed by atoms with van der Waals surface area (Å²) in [5.74, 6) is 0.422. The van der Waals surface area contributed by atoms with E-state index in [0.29, 0.717) is 18.7 Å². The molecule has 23 heavy (non-hydrogen) atoms. The van der Waals surface area contributed by atoms with Gasteiger partial charge >= 0.3 is 6.18 Å². The molecule has 1 unspecified atom stereocenters. The highest BCUT2D eigenvalue weighted by molar-refractivity contribution is 6.17. The van der Waals surface area contributed by atoms with Gasteiger partial charge in [0.05, 0.1) is 0 Å². The fourth-order valence-electron chi connectivity index (χ4n) is 2.26. The van der Waals surface area contributed by atoms with Crippen LogP contribution in [0.25, 0.3) is 11.1 Å². The number of unbranched alkanes of at least 4 members (excludes halogenated alkanes) is 1. The van der Waals surface area contributed by atoms with Crippen LogP contribution in [0, 0.1) is 0 Å². The molecule has 5 heteroatoms. The number of hydrogen-bond donors (Lipinski definition) is 0. The zero-order chi connectivity index (χ0) is 16.7. The Morgan fingerprint density at radius 2 is 1.48 bits per heavy atom. The van der Waals surface area contributed by atoms with E-state index in [4.69, 9.17) is 16.3 Å². The molecule has 0 N–H and O–H groups in total. The second kappa shape index (κ2) is 8.37. The Bertz CT molecular complexity index is 581. The van der Waals surface area contributed by atoms with Gasteiger partial charge < -0.3 is 4.74 Å². The van der Waals surface area contributed by atoms with Gasteiger partial charge in [0.25, 0.3) is 0 Å². The monoisotopic (exact) mass is 342 g/mol. The van der Waals surface area contributed by atoms with Crippen LogP contribution in [-0.4, -0.2) is 18.7 Å². The van der Waals surface area contributed by atoms with E-state index < -0.39 is 12.3 Å². The SMILES string of the molecule is FC(F)(F)C(OCCCCCl)c1ccc(-c2ccccc2)cc1. The lowest BCUT2D eigenvalue weighted by atomic mass is 10.0. The third-order valence-electron chi connectivity index (χ3n) is 3.43. The molecule has 0 saturated heterocycles. The summed E-state index contributed by atoms with van der Waals surface area (Å²) in [5.41, 5.74) is 1.95. The topological polar surface area (TPSA) is 9.23 Å². The van der Waals surface area contributed by atoms with Gasteiger partial charge in [0, 0.05) is 12.5 Å². The minimum atomic E-state index is -4.44. The van der Waals surface area contributed by atoms with Crippen molar-refractivity contribution >= 4 is 11.6 Å². The Morgan fingerprint density at radius 3 is 2.04 bits per heavy atom. The van der Waals surface area contributed by atoms with Crippen LogP contribution in [-0.2, 0) is 4.74 Å². The Balaban J connectivity index is 2.12. The molecule has 0 heterocycles. The number of halogens is 4. The first-order valence-corrected chi connectivity index (χ1v) is 7.95. The molecular weight excluding hydrogens is 325 g/mol. The Morgan fingerprint density at radius 1 is 0.870 bits per heavy atom. The first kappa shape index (κ1) is 17.8. The molecule has 0 saturated carbocycles. The second-order valence-corrected chi connectivity index (χ2v) is 5.55. The van der Waals surface area contributed by atoms with Gasteiger partial charge in [-0.25, -0.2) is 0 Å². The van der Waals surface area contributed by atoms with E-state index >= 15 is 0 Å². The summed E-state index contributed by atoms with van der Waals surface area (Å²) >= 11 is 5.52. The van der Waals surface area contributed by atoms with Crippen molar-refractivity contribution in [3.05, 3.63) is 60.2 Å². The Labute approximate surface area is 139 Å². The van der Waals surface area contributed by atoms with E-state index in [1.807, 2.05) is 30.3 Å². The molecule has 0 aliphatic heterocycles. The molecular formula is C18H18ClF3O. The maximum atomic E-state index is 13.2. The lowest BCUT2D eigenvalue weighted by molar-refractivity contribution is -0.224. The summed E-state index contributed by atoms with van der Waals surface area (Å²) in [6.45, 7) is 0.0390. The fourth-order valence-corrected chi connectivity index (χ4v) is 2.45. The van der Waals surface area contributed by atoms with Gasteiger partial charge in [0.15, 0.2) is 6.10 Å². The van der Waals surface area contributed by atoms with E-state index in [2.05, 4.69) is 0 Å². The van der Waals surface area contributed by atoms with E-state index in [9.17, 15) is 13.2 Å². The molecule has 1 atom stereocenters. The molecule has 2 aromatic carbocycles. The third kappa shape index (κ3) is 5.26. The van der Waals surface area contributed by atoms with Crippen molar-refractivity contribution in [2.45, 2.75) is 25.1 Å². The highest BCUT2D eigenvalue weighted by Crippen LogP contribution is 2.36. The average molecular weight is 343 g/mol. The van der Waals surface area contributed by atoms with Crippen molar-refractivity contribution in [1.29, 1.82) is 0 Å². The highest BCUT2D eigenvalue weighted by atomic mass is 35.5. The van der Waals surface area contributed by atoms with Crippen LogP contribution in [0.5, 0.6) is 0 Å². The molecule has 1 nitrogen and oxygen atoms in total. The molecule has 0 amide bonds. The molecule has 0 fully saturated rings. The lowest BCUT2D eigenvalue weighted by Crippen LogP contribution is -2.24. The van der Waals surface area contributed by atoms with E-state index in [0.717, 1.165) is 11.1 Å². The molecule has 124 valence electrons. The number of rotatable bonds is 7. The summed E-state index contributed by atoms with van der Waals surface area (Å²) < 4.78 is 44.6. The zero-order valence-corrected chi connectivity index (χ0v) is 13.3. The standard InChI is InChI=1S/C18H18ClF3O/c19-12-4-5-13-23-17(18(20,21)22)16-10-8-15(9-11-16)14-6-2-1-3-7-14/h1-3,6-11,17H,4-5,12-13H2. The van der Waals surface area contributed by atoms with Crippen molar-refractivity contribution in [2.75, 3.05) is 12.5 Å². The maximum Gasteiger partial charge on any atom is 0.418 e. The molecule has 2 aromatic rings. The molecule has 0 aliphatic carbocycles.